The van der Waals surface area contributed by atoms with Gasteiger partial charge in [0.25, 0.3) is 5.56 Å². The first-order valence-corrected chi connectivity index (χ1v) is 11.6. The fourth-order valence-electron chi connectivity index (χ4n) is 3.57. The fraction of sp³-hybridized carbons (Fsp3) is 0.0417. The average molecular weight is 480 g/mol. The van der Waals surface area contributed by atoms with E-state index in [2.05, 4.69) is 10.3 Å². The number of nitrogens with zero attached hydrogens (tertiary/aromatic N) is 2. The van der Waals surface area contributed by atoms with Crippen LogP contribution in [0, 0.1) is 11.6 Å². The molecule has 0 aliphatic heterocycles. The molecule has 2 aromatic carbocycles. The number of aromatic nitrogens is 2. The van der Waals surface area contributed by atoms with Gasteiger partial charge in [-0.05, 0) is 23.1 Å². The predicted octanol–water partition coefficient (Wildman–Crippen LogP) is 5.77. The Morgan fingerprint density at radius 2 is 1.85 bits per heavy atom. The zero-order valence-electron chi connectivity index (χ0n) is 16.9. The summed E-state index contributed by atoms with van der Waals surface area (Å²) in [7, 11) is 0. The summed E-state index contributed by atoms with van der Waals surface area (Å²) in [5.74, 6) is -2.29. The molecule has 33 heavy (non-hydrogen) atoms. The maximum absolute atomic E-state index is 14.6. The molecule has 1 amide bonds. The highest BCUT2D eigenvalue weighted by molar-refractivity contribution is 7.18. The molecule has 9 heteroatoms. The summed E-state index contributed by atoms with van der Waals surface area (Å²) in [5, 5.41) is 6.73. The van der Waals surface area contributed by atoms with Crippen LogP contribution in [0.15, 0.2) is 76.5 Å². The number of carbonyl (C=O) groups excluding carboxylic acids is 1. The van der Waals surface area contributed by atoms with E-state index in [1.165, 1.54) is 33.6 Å². The van der Waals surface area contributed by atoms with Crippen LogP contribution in [0.4, 0.5) is 14.5 Å². The van der Waals surface area contributed by atoms with Crippen LogP contribution in [0.25, 0.3) is 31.8 Å². The summed E-state index contributed by atoms with van der Waals surface area (Å²) in [6, 6.07) is 14.3. The number of anilines is 1. The van der Waals surface area contributed by atoms with Crippen LogP contribution < -0.4 is 10.9 Å². The number of fused-ring (bicyclic) bond motifs is 1. The maximum Gasteiger partial charge on any atom is 0.263 e. The molecule has 0 unspecified atom stereocenters. The zero-order valence-corrected chi connectivity index (χ0v) is 18.6. The molecule has 5 aromatic rings. The lowest BCUT2D eigenvalue weighted by Crippen LogP contribution is -2.28. The summed E-state index contributed by atoms with van der Waals surface area (Å²) in [5.41, 5.74) is 1.02. The normalized spacial score (nSPS) is 11.1. The van der Waals surface area contributed by atoms with Gasteiger partial charge < -0.3 is 5.32 Å². The third kappa shape index (κ3) is 4.08. The van der Waals surface area contributed by atoms with E-state index in [0.717, 1.165) is 16.5 Å². The summed E-state index contributed by atoms with van der Waals surface area (Å²) >= 11 is 2.86. The molecule has 0 spiro atoms. The number of benzene rings is 2. The summed E-state index contributed by atoms with van der Waals surface area (Å²) in [6.07, 6.45) is 1.30. The van der Waals surface area contributed by atoms with Crippen LogP contribution >= 0.6 is 22.7 Å². The van der Waals surface area contributed by atoms with Crippen molar-refractivity contribution in [2.24, 2.45) is 0 Å². The van der Waals surface area contributed by atoms with Crippen LogP contribution in [0.2, 0.25) is 0 Å². The lowest BCUT2D eigenvalue weighted by atomic mass is 10.0. The van der Waals surface area contributed by atoms with E-state index in [-0.39, 0.29) is 23.4 Å². The third-order valence-electron chi connectivity index (χ3n) is 5.07. The van der Waals surface area contributed by atoms with Crippen molar-refractivity contribution in [3.8, 4) is 21.6 Å². The molecule has 0 fully saturated rings. The maximum atomic E-state index is 14.6. The molecule has 3 heterocycles. The second kappa shape index (κ2) is 8.68. The fourth-order valence-corrected chi connectivity index (χ4v) is 5.29. The Morgan fingerprint density at radius 1 is 1.03 bits per heavy atom. The van der Waals surface area contributed by atoms with E-state index in [1.54, 1.807) is 30.3 Å². The van der Waals surface area contributed by atoms with Gasteiger partial charge in [-0.1, -0.05) is 36.4 Å². The highest BCUT2D eigenvalue weighted by Gasteiger charge is 2.18. The average Bonchev–Trinajstić information content (AvgIpc) is 3.48. The van der Waals surface area contributed by atoms with Gasteiger partial charge in [0.2, 0.25) is 5.91 Å². The van der Waals surface area contributed by atoms with Crippen molar-refractivity contribution in [2.45, 2.75) is 6.54 Å². The molecule has 0 saturated carbocycles. The lowest BCUT2D eigenvalue weighted by molar-refractivity contribution is -0.116. The summed E-state index contributed by atoms with van der Waals surface area (Å²) in [6.45, 7) is -0.369. The second-order valence-corrected chi connectivity index (χ2v) is 9.01. The Bertz CT molecular complexity index is 1530. The van der Waals surface area contributed by atoms with E-state index in [9.17, 15) is 18.4 Å². The first kappa shape index (κ1) is 21.2. The zero-order chi connectivity index (χ0) is 22.9. The van der Waals surface area contributed by atoms with Crippen molar-refractivity contribution in [3.63, 3.8) is 0 Å². The molecule has 0 aliphatic carbocycles. The monoisotopic (exact) mass is 479 g/mol. The lowest BCUT2D eigenvalue weighted by Gasteiger charge is -2.13. The topological polar surface area (TPSA) is 64.0 Å². The number of carbonyl (C=O) groups is 1. The Morgan fingerprint density at radius 3 is 2.61 bits per heavy atom. The van der Waals surface area contributed by atoms with Crippen LogP contribution in [-0.2, 0) is 11.3 Å². The highest BCUT2D eigenvalue weighted by Crippen LogP contribution is 2.34. The minimum Gasteiger partial charge on any atom is -0.322 e. The second-order valence-electron chi connectivity index (χ2n) is 7.21. The van der Waals surface area contributed by atoms with E-state index in [0.29, 0.717) is 21.8 Å². The quantitative estimate of drug-likeness (QED) is 0.348. The molecule has 1 N–H and O–H groups in total. The molecule has 0 aliphatic rings. The Labute approximate surface area is 194 Å². The Hall–Kier alpha value is -3.69. The van der Waals surface area contributed by atoms with Crippen molar-refractivity contribution in [1.82, 2.24) is 9.55 Å². The van der Waals surface area contributed by atoms with Gasteiger partial charge in [0, 0.05) is 27.5 Å². The highest BCUT2D eigenvalue weighted by atomic mass is 32.1. The molecule has 0 bridgehead atoms. The van der Waals surface area contributed by atoms with Gasteiger partial charge in [0.05, 0.1) is 17.4 Å². The molecule has 3 aromatic heterocycles. The molecular weight excluding hydrogens is 464 g/mol. The molecule has 0 atom stereocenters. The first-order valence-electron chi connectivity index (χ1n) is 9.86. The number of amides is 1. The predicted molar refractivity (Wildman–Crippen MR) is 128 cm³/mol. The van der Waals surface area contributed by atoms with Gasteiger partial charge >= 0.3 is 0 Å². The van der Waals surface area contributed by atoms with Gasteiger partial charge in [-0.15, -0.1) is 22.7 Å². The van der Waals surface area contributed by atoms with Crippen molar-refractivity contribution in [3.05, 3.63) is 93.7 Å². The van der Waals surface area contributed by atoms with Crippen molar-refractivity contribution in [1.29, 1.82) is 0 Å². The molecular formula is C24H15F2N3O2S2. The third-order valence-corrected chi connectivity index (χ3v) is 6.86. The number of hydrogen-bond donors (Lipinski definition) is 1. The van der Waals surface area contributed by atoms with Crippen molar-refractivity contribution in [2.75, 3.05) is 5.32 Å². The van der Waals surface area contributed by atoms with Gasteiger partial charge in [0.1, 0.15) is 23.0 Å². The van der Waals surface area contributed by atoms with E-state index in [1.807, 2.05) is 22.9 Å². The minimum absolute atomic E-state index is 0.149. The summed E-state index contributed by atoms with van der Waals surface area (Å²) < 4.78 is 29.7. The van der Waals surface area contributed by atoms with Gasteiger partial charge in [0.15, 0.2) is 0 Å². The largest absolute Gasteiger partial charge is 0.322 e. The van der Waals surface area contributed by atoms with Crippen LogP contribution in [0.5, 0.6) is 0 Å². The number of halogens is 2. The Balaban J connectivity index is 1.48. The molecule has 0 saturated heterocycles. The van der Waals surface area contributed by atoms with Crippen molar-refractivity contribution >= 4 is 44.5 Å². The molecule has 0 radical (unpaired) electrons. The van der Waals surface area contributed by atoms with Gasteiger partial charge in [-0.25, -0.2) is 13.8 Å². The molecule has 5 rings (SSSR count). The van der Waals surface area contributed by atoms with E-state index in [4.69, 9.17) is 0 Å². The minimum atomic E-state index is -0.902. The first-order chi connectivity index (χ1) is 16.0. The van der Waals surface area contributed by atoms with Crippen molar-refractivity contribution < 1.29 is 13.6 Å². The SMILES string of the molecule is O=C(Cn1cnc2scc(-c3cccs3)c2c1=O)Nc1c(F)cc(F)cc1-c1ccccc1. The number of thiophene rings is 2. The molecule has 5 nitrogen and oxygen atoms in total. The van der Waals surface area contributed by atoms with Gasteiger partial charge in [-0.2, -0.15) is 0 Å². The van der Waals surface area contributed by atoms with Gasteiger partial charge in [-0.3, -0.25) is 14.2 Å². The number of nitrogens with one attached hydrogen (secondary N) is 1. The smallest absolute Gasteiger partial charge is 0.263 e. The van der Waals surface area contributed by atoms with Crippen LogP contribution in [0.3, 0.4) is 0 Å². The Kier molecular flexibility index (Phi) is 5.57. The van der Waals surface area contributed by atoms with Crippen LogP contribution in [0.1, 0.15) is 0 Å². The van der Waals surface area contributed by atoms with E-state index >= 15 is 0 Å². The summed E-state index contributed by atoms with van der Waals surface area (Å²) in [4.78, 5) is 31.7. The standard InChI is InChI=1S/C24H15F2N3O2S2/c25-15-9-16(14-5-2-1-3-6-14)22(18(26)10-15)28-20(30)11-29-13-27-23-21(24(29)31)17(12-33-23)19-7-4-8-32-19/h1-10,12-13H,11H2,(H,28,30). The number of hydrogen-bond acceptors (Lipinski definition) is 5. The molecule has 164 valence electrons. The number of rotatable bonds is 5. The van der Waals surface area contributed by atoms with E-state index < -0.39 is 17.5 Å². The van der Waals surface area contributed by atoms with Crippen LogP contribution in [-0.4, -0.2) is 15.5 Å².